The fourth-order valence-electron chi connectivity index (χ4n) is 1.17. The highest BCUT2D eigenvalue weighted by Crippen LogP contribution is 2.08. The number of hydrogen-bond donors (Lipinski definition) is 0. The zero-order valence-corrected chi connectivity index (χ0v) is 10.5. The van der Waals surface area contributed by atoms with E-state index in [1.807, 2.05) is 6.07 Å². The number of carbonyl (C=O) groups excluding carboxylic acids is 1. The smallest absolute Gasteiger partial charge is 0.322 e. The molecule has 16 heavy (non-hydrogen) atoms. The molecule has 0 rings (SSSR count). The normalized spacial score (nSPS) is 11.5. The number of sulfonamides is 1. The Morgan fingerprint density at radius 2 is 2.06 bits per heavy atom. The summed E-state index contributed by atoms with van der Waals surface area (Å²) in [5, 5.41) is 8.43. The second-order valence-corrected chi connectivity index (χ2v) is 5.37. The predicted molar refractivity (Wildman–Crippen MR) is 57.9 cm³/mol. The van der Waals surface area contributed by atoms with E-state index in [0.29, 0.717) is 0 Å². The summed E-state index contributed by atoms with van der Waals surface area (Å²) >= 11 is 0. The molecular weight excluding hydrogens is 232 g/mol. The van der Waals surface area contributed by atoms with Crippen LogP contribution in [0.2, 0.25) is 0 Å². The minimum atomic E-state index is -3.70. The van der Waals surface area contributed by atoms with Gasteiger partial charge in [0.15, 0.2) is 5.75 Å². The van der Waals surface area contributed by atoms with Gasteiger partial charge in [-0.15, -0.1) is 0 Å². The average Bonchev–Trinajstić information content (AvgIpc) is 2.16. The first-order valence-corrected chi connectivity index (χ1v) is 6.39. The lowest BCUT2D eigenvalue weighted by Crippen LogP contribution is -2.41. The van der Waals surface area contributed by atoms with Crippen molar-refractivity contribution in [1.82, 2.24) is 4.31 Å². The molecule has 0 amide bonds. The van der Waals surface area contributed by atoms with Gasteiger partial charge in [0.2, 0.25) is 10.0 Å². The highest BCUT2D eigenvalue weighted by Gasteiger charge is 2.27. The molecule has 0 saturated carbocycles. The van der Waals surface area contributed by atoms with Crippen LogP contribution in [0.15, 0.2) is 0 Å². The molecule has 0 spiro atoms. The van der Waals surface area contributed by atoms with Crippen molar-refractivity contribution in [3.63, 3.8) is 0 Å². The minimum Gasteiger partial charge on any atom is -0.468 e. The van der Waals surface area contributed by atoms with E-state index in [0.717, 1.165) is 11.4 Å². The third-order valence-corrected chi connectivity index (χ3v) is 3.82. The first-order chi connectivity index (χ1) is 7.35. The van der Waals surface area contributed by atoms with Crippen LogP contribution in [0.3, 0.4) is 0 Å². The molecule has 0 heterocycles. The predicted octanol–water partition coefficient (Wildman–Crippen LogP) is 0.113. The van der Waals surface area contributed by atoms with Gasteiger partial charge in [-0.2, -0.15) is 9.57 Å². The van der Waals surface area contributed by atoms with Crippen LogP contribution in [0.25, 0.3) is 0 Å². The molecule has 0 aromatic rings. The number of rotatable bonds is 6. The maximum absolute atomic E-state index is 11.8. The van der Waals surface area contributed by atoms with Crippen LogP contribution in [-0.2, 0) is 19.6 Å². The van der Waals surface area contributed by atoms with E-state index in [4.69, 9.17) is 5.26 Å². The SMILES string of the molecule is COC(=O)CS(=O)(=O)N(CCC#N)C(C)C. The van der Waals surface area contributed by atoms with Crippen molar-refractivity contribution in [3.8, 4) is 6.07 Å². The summed E-state index contributed by atoms with van der Waals surface area (Å²) in [7, 11) is -2.57. The Balaban J connectivity index is 4.77. The number of nitriles is 1. The summed E-state index contributed by atoms with van der Waals surface area (Å²) in [6.45, 7) is 3.46. The van der Waals surface area contributed by atoms with Crippen LogP contribution >= 0.6 is 0 Å². The molecule has 0 unspecified atom stereocenters. The van der Waals surface area contributed by atoms with Gasteiger partial charge in [0.05, 0.1) is 13.2 Å². The highest BCUT2D eigenvalue weighted by molar-refractivity contribution is 7.89. The van der Waals surface area contributed by atoms with Crippen molar-refractivity contribution in [1.29, 1.82) is 5.26 Å². The zero-order valence-electron chi connectivity index (χ0n) is 9.63. The van der Waals surface area contributed by atoms with Crippen LogP contribution in [0.5, 0.6) is 0 Å². The number of carbonyl (C=O) groups is 1. The van der Waals surface area contributed by atoms with E-state index >= 15 is 0 Å². The van der Waals surface area contributed by atoms with Gasteiger partial charge >= 0.3 is 5.97 Å². The lowest BCUT2D eigenvalue weighted by Gasteiger charge is -2.24. The van der Waals surface area contributed by atoms with Crippen molar-refractivity contribution in [2.24, 2.45) is 0 Å². The van der Waals surface area contributed by atoms with Crippen LogP contribution in [0.1, 0.15) is 20.3 Å². The molecule has 7 heteroatoms. The lowest BCUT2D eigenvalue weighted by atomic mass is 10.3. The third-order valence-electron chi connectivity index (χ3n) is 1.91. The summed E-state index contributed by atoms with van der Waals surface area (Å²) < 4.78 is 29.0. The van der Waals surface area contributed by atoms with Crippen molar-refractivity contribution < 1.29 is 17.9 Å². The molecule has 0 bridgehead atoms. The third kappa shape index (κ3) is 4.59. The molecular formula is C9H16N2O4S. The van der Waals surface area contributed by atoms with Gasteiger partial charge in [-0.3, -0.25) is 4.79 Å². The van der Waals surface area contributed by atoms with E-state index in [-0.39, 0.29) is 19.0 Å². The lowest BCUT2D eigenvalue weighted by molar-refractivity contribution is -0.137. The standard InChI is InChI=1S/C9H16N2O4S/c1-8(2)11(6-4-5-10)16(13,14)7-9(12)15-3/h8H,4,6-7H2,1-3H3. The van der Waals surface area contributed by atoms with Crippen LogP contribution < -0.4 is 0 Å². The number of nitrogens with zero attached hydrogens (tertiary/aromatic N) is 2. The van der Waals surface area contributed by atoms with Gasteiger partial charge in [-0.25, -0.2) is 8.42 Å². The van der Waals surface area contributed by atoms with Crippen LogP contribution in [0, 0.1) is 11.3 Å². The van der Waals surface area contributed by atoms with Crippen molar-refractivity contribution in [2.45, 2.75) is 26.3 Å². The molecule has 0 atom stereocenters. The molecule has 0 aromatic carbocycles. The van der Waals surface area contributed by atoms with Gasteiger partial charge in [-0.1, -0.05) is 0 Å². The fourth-order valence-corrected chi connectivity index (χ4v) is 2.76. The molecule has 0 saturated heterocycles. The van der Waals surface area contributed by atoms with Crippen molar-refractivity contribution >= 4 is 16.0 Å². The summed E-state index contributed by atoms with van der Waals surface area (Å²) in [6.07, 6.45) is 0.0958. The quantitative estimate of drug-likeness (QED) is 0.623. The Morgan fingerprint density at radius 1 is 1.50 bits per heavy atom. The zero-order chi connectivity index (χ0) is 12.8. The van der Waals surface area contributed by atoms with Gasteiger partial charge in [-0.05, 0) is 13.8 Å². The van der Waals surface area contributed by atoms with Gasteiger partial charge in [0.1, 0.15) is 0 Å². The number of esters is 1. The number of methoxy groups -OCH3 is 1. The molecule has 0 aliphatic rings. The molecule has 0 aromatic heterocycles. The molecule has 0 radical (unpaired) electrons. The maximum atomic E-state index is 11.8. The molecule has 0 N–H and O–H groups in total. The van der Waals surface area contributed by atoms with Crippen LogP contribution in [-0.4, -0.2) is 44.1 Å². The van der Waals surface area contributed by atoms with E-state index in [9.17, 15) is 13.2 Å². The monoisotopic (exact) mass is 248 g/mol. The Bertz CT molecular complexity index is 369. The average molecular weight is 248 g/mol. The van der Waals surface area contributed by atoms with Crippen molar-refractivity contribution in [2.75, 3.05) is 19.4 Å². The first kappa shape index (κ1) is 14.9. The molecule has 0 aliphatic heterocycles. The van der Waals surface area contributed by atoms with Crippen molar-refractivity contribution in [3.05, 3.63) is 0 Å². The molecule has 92 valence electrons. The highest BCUT2D eigenvalue weighted by atomic mass is 32.2. The van der Waals surface area contributed by atoms with E-state index in [1.54, 1.807) is 13.8 Å². The molecule has 6 nitrogen and oxygen atoms in total. The van der Waals surface area contributed by atoms with E-state index in [1.165, 1.54) is 0 Å². The van der Waals surface area contributed by atoms with Gasteiger partial charge in [0.25, 0.3) is 0 Å². The second kappa shape index (κ2) is 6.45. The largest absolute Gasteiger partial charge is 0.468 e. The fraction of sp³-hybridized carbons (Fsp3) is 0.778. The minimum absolute atomic E-state index is 0.0908. The topological polar surface area (TPSA) is 87.5 Å². The Kier molecular flexibility index (Phi) is 6.00. The Hall–Kier alpha value is -1.13. The Labute approximate surface area is 95.8 Å². The van der Waals surface area contributed by atoms with Gasteiger partial charge < -0.3 is 4.74 Å². The second-order valence-electron chi connectivity index (χ2n) is 3.44. The molecule has 0 aliphatic carbocycles. The summed E-state index contributed by atoms with van der Waals surface area (Å²) in [4.78, 5) is 10.9. The first-order valence-electron chi connectivity index (χ1n) is 4.78. The number of ether oxygens (including phenoxy) is 1. The summed E-state index contributed by atoms with van der Waals surface area (Å²) in [5.74, 6) is -1.49. The van der Waals surface area contributed by atoms with Gasteiger partial charge in [0, 0.05) is 19.0 Å². The molecule has 0 fully saturated rings. The van der Waals surface area contributed by atoms with E-state index in [2.05, 4.69) is 4.74 Å². The summed E-state index contributed by atoms with van der Waals surface area (Å²) in [5.41, 5.74) is 0. The maximum Gasteiger partial charge on any atom is 0.322 e. The van der Waals surface area contributed by atoms with E-state index < -0.39 is 21.7 Å². The summed E-state index contributed by atoms with van der Waals surface area (Å²) in [6, 6.07) is 1.58. The number of hydrogen-bond acceptors (Lipinski definition) is 5. The van der Waals surface area contributed by atoms with Crippen LogP contribution in [0.4, 0.5) is 0 Å². The Morgan fingerprint density at radius 3 is 2.44 bits per heavy atom.